The molecule has 0 aromatic heterocycles. The van der Waals surface area contributed by atoms with Crippen molar-refractivity contribution in [3.63, 3.8) is 0 Å². The van der Waals surface area contributed by atoms with Crippen LogP contribution in [0, 0.1) is 0 Å². The van der Waals surface area contributed by atoms with Gasteiger partial charge in [-0.15, -0.1) is 0 Å². The summed E-state index contributed by atoms with van der Waals surface area (Å²) in [6.45, 7) is 0. The van der Waals surface area contributed by atoms with Crippen molar-refractivity contribution in [1.82, 2.24) is 0 Å². The van der Waals surface area contributed by atoms with Crippen LogP contribution in [0.2, 0.25) is 0 Å². The normalized spacial score (nSPS) is 4.71. The fourth-order valence-corrected chi connectivity index (χ4v) is 0. The van der Waals surface area contributed by atoms with Crippen molar-refractivity contribution >= 4 is 49.6 Å². The van der Waals surface area contributed by atoms with Crippen molar-refractivity contribution < 1.29 is 18.4 Å². The van der Waals surface area contributed by atoms with Gasteiger partial charge >= 0.3 is 32.2 Å². The predicted octanol–water partition coefficient (Wildman–Crippen LogP) is -2.80. The molecule has 0 amide bonds. The molecular formula is H6AlFMgO3Si. The molecule has 1 N–H and O–H groups in total. The maximum absolute atomic E-state index is 10.1. The summed E-state index contributed by atoms with van der Waals surface area (Å²) in [5.74, 6) is 0. The molecule has 0 rings (SSSR count). The fraction of sp³-hybridized carbons (Fsp3) is 0. The largest absolute Gasteiger partial charge is 0.803 e. The highest BCUT2D eigenvalue weighted by atomic mass is 28.3. The SMILES string of the molecule is O=[Si](O)OF.[AlH3].[MgH2]. The van der Waals surface area contributed by atoms with Gasteiger partial charge in [0, 0.05) is 4.53 Å². The zero-order chi connectivity index (χ0) is 4.28. The molecule has 0 aliphatic carbocycles. The second-order valence-corrected chi connectivity index (χ2v) is 1.03. The second-order valence-electron chi connectivity index (χ2n) is 0.343. The van der Waals surface area contributed by atoms with Crippen molar-refractivity contribution in [2.45, 2.75) is 0 Å². The monoisotopic (exact) mass is 152 g/mol. The summed E-state index contributed by atoms with van der Waals surface area (Å²) in [6, 6.07) is 0. The fourth-order valence-electron chi connectivity index (χ4n) is 0. The van der Waals surface area contributed by atoms with E-state index >= 15 is 0 Å². The van der Waals surface area contributed by atoms with Crippen LogP contribution in [0.3, 0.4) is 0 Å². The van der Waals surface area contributed by atoms with Gasteiger partial charge in [-0.25, -0.2) is 0 Å². The lowest BCUT2D eigenvalue weighted by Gasteiger charge is -1.67. The van der Waals surface area contributed by atoms with Crippen molar-refractivity contribution in [3.8, 4) is 0 Å². The standard InChI is InChI=1S/Al.FHO3Si.Mg.5H/c;1-4-5(2)3;;;;;;/h;2H;;;;;;. The maximum Gasteiger partial charge on any atom is 0.803 e. The first kappa shape index (κ1) is 15.7. The van der Waals surface area contributed by atoms with Crippen LogP contribution >= 0.6 is 0 Å². The quantitative estimate of drug-likeness (QED) is 0.413. The molecule has 0 saturated carbocycles. The van der Waals surface area contributed by atoms with E-state index in [1.807, 2.05) is 0 Å². The van der Waals surface area contributed by atoms with Gasteiger partial charge in [0.15, 0.2) is 17.4 Å². The van der Waals surface area contributed by atoms with Crippen LogP contribution in [0.1, 0.15) is 0 Å². The highest BCUT2D eigenvalue weighted by molar-refractivity contribution is 6.23. The molecule has 0 aromatic rings. The predicted molar refractivity (Wildman–Crippen MR) is 29.3 cm³/mol. The van der Waals surface area contributed by atoms with Crippen molar-refractivity contribution in [1.29, 1.82) is 0 Å². The number of hydrogen-bond donors (Lipinski definition) is 1. The van der Waals surface area contributed by atoms with Gasteiger partial charge < -0.3 is 4.80 Å². The molecule has 0 aliphatic heterocycles. The maximum atomic E-state index is 10.1. The minimum Gasteiger partial charge on any atom is -0.510 e. The van der Waals surface area contributed by atoms with Crippen LogP contribution in [0.4, 0.5) is 4.53 Å². The third-order valence-corrected chi connectivity index (χ3v) is 0.198. The molecule has 0 radical (unpaired) electrons. The Morgan fingerprint density at radius 1 is 1.71 bits per heavy atom. The van der Waals surface area contributed by atoms with Gasteiger partial charge in [-0.1, -0.05) is 0 Å². The molecule has 7 heteroatoms. The third kappa shape index (κ3) is 19.8. The molecule has 0 heterocycles. The molecule has 40 valence electrons. The Morgan fingerprint density at radius 3 is 1.86 bits per heavy atom. The molecule has 0 saturated heterocycles. The minimum absolute atomic E-state index is 0. The zero-order valence-electron chi connectivity index (χ0n) is 2.14. The van der Waals surface area contributed by atoms with Crippen molar-refractivity contribution in [2.75, 3.05) is 0 Å². The first-order chi connectivity index (χ1) is 2.27. The van der Waals surface area contributed by atoms with E-state index < -0.39 is 9.17 Å². The van der Waals surface area contributed by atoms with Gasteiger partial charge in [0.25, 0.3) is 0 Å². The Balaban J connectivity index is -0.0000000800. The Hall–Kier alpha value is 0.846. The van der Waals surface area contributed by atoms with Crippen molar-refractivity contribution in [3.05, 3.63) is 0 Å². The van der Waals surface area contributed by atoms with Crippen LogP contribution in [-0.4, -0.2) is 54.4 Å². The minimum atomic E-state index is -3.29. The van der Waals surface area contributed by atoms with Gasteiger partial charge in [-0.2, -0.15) is 0 Å². The average Bonchev–Trinajstić information content (AvgIpc) is 1.38. The van der Waals surface area contributed by atoms with Crippen LogP contribution in [0.5, 0.6) is 0 Å². The summed E-state index contributed by atoms with van der Waals surface area (Å²) in [7, 11) is -3.29. The molecule has 0 fully saturated rings. The summed E-state index contributed by atoms with van der Waals surface area (Å²) in [5, 5.41) is 0. The van der Waals surface area contributed by atoms with E-state index in [0.29, 0.717) is 0 Å². The van der Waals surface area contributed by atoms with Gasteiger partial charge in [0.1, 0.15) is 0 Å². The first-order valence-electron chi connectivity index (χ1n) is 0.786. The molecule has 7 heavy (non-hydrogen) atoms. The Kier molecular flexibility index (Phi) is 22.3. The molecular weight excluding hydrogens is 146 g/mol. The number of halogens is 1. The third-order valence-electron chi connectivity index (χ3n) is 0.0660. The van der Waals surface area contributed by atoms with E-state index in [-0.39, 0.29) is 40.4 Å². The van der Waals surface area contributed by atoms with E-state index in [0.717, 1.165) is 0 Å². The van der Waals surface area contributed by atoms with E-state index in [2.05, 4.69) is 4.63 Å². The lowest BCUT2D eigenvalue weighted by molar-refractivity contribution is -0.0393. The summed E-state index contributed by atoms with van der Waals surface area (Å²) in [4.78, 5) is 7.31. The first-order valence-corrected chi connectivity index (χ1v) is 2.05. The highest BCUT2D eigenvalue weighted by Crippen LogP contribution is 1.62. The molecule has 0 atom stereocenters. The average molecular weight is 152 g/mol. The highest BCUT2D eigenvalue weighted by Gasteiger charge is 1.99. The summed E-state index contributed by atoms with van der Waals surface area (Å²) in [5.41, 5.74) is 0. The Bertz CT molecular complexity index is 50.2. The number of hydrogen-bond acceptors (Lipinski definition) is 2. The summed E-state index contributed by atoms with van der Waals surface area (Å²) >= 11 is 0. The Morgan fingerprint density at radius 2 is 1.86 bits per heavy atom. The van der Waals surface area contributed by atoms with Crippen LogP contribution in [-0.2, 0) is 9.09 Å². The summed E-state index contributed by atoms with van der Waals surface area (Å²) in [6.07, 6.45) is 0. The molecule has 0 spiro atoms. The smallest absolute Gasteiger partial charge is 0.510 e. The molecule has 0 aliphatic rings. The van der Waals surface area contributed by atoms with Gasteiger partial charge in [-0.05, 0) is 0 Å². The van der Waals surface area contributed by atoms with E-state index in [4.69, 9.17) is 9.26 Å². The van der Waals surface area contributed by atoms with Crippen LogP contribution in [0.15, 0.2) is 0 Å². The van der Waals surface area contributed by atoms with Crippen molar-refractivity contribution in [2.24, 2.45) is 0 Å². The topological polar surface area (TPSA) is 46.5 Å². The lowest BCUT2D eigenvalue weighted by atomic mass is 15.6. The van der Waals surface area contributed by atoms with Crippen LogP contribution in [0.25, 0.3) is 0 Å². The molecule has 0 unspecified atom stereocenters. The molecule has 3 nitrogen and oxygen atoms in total. The zero-order valence-corrected chi connectivity index (χ0v) is 3.14. The summed E-state index contributed by atoms with van der Waals surface area (Å²) < 4.78 is 21.4. The Labute approximate surface area is 67.9 Å². The van der Waals surface area contributed by atoms with Gasteiger partial charge in [0.2, 0.25) is 0 Å². The lowest BCUT2D eigenvalue weighted by Crippen LogP contribution is -1.94. The van der Waals surface area contributed by atoms with E-state index in [1.54, 1.807) is 0 Å². The molecule has 0 aromatic carbocycles. The second kappa shape index (κ2) is 9.96. The molecule has 0 bridgehead atoms. The van der Waals surface area contributed by atoms with E-state index in [1.165, 1.54) is 0 Å². The van der Waals surface area contributed by atoms with Gasteiger partial charge in [0.05, 0.1) is 0 Å². The van der Waals surface area contributed by atoms with Gasteiger partial charge in [-0.3, -0.25) is 9.09 Å². The van der Waals surface area contributed by atoms with E-state index in [9.17, 15) is 4.53 Å². The van der Waals surface area contributed by atoms with Crippen LogP contribution < -0.4 is 0 Å². The number of rotatable bonds is 1.